The van der Waals surface area contributed by atoms with E-state index in [0.29, 0.717) is 18.8 Å². The van der Waals surface area contributed by atoms with Gasteiger partial charge in [-0.3, -0.25) is 4.57 Å². The number of hydrogen-bond donors (Lipinski definition) is 1. The van der Waals surface area contributed by atoms with Gasteiger partial charge in [0.1, 0.15) is 6.35 Å². The molecule has 0 aliphatic carbocycles. The first-order valence-electron chi connectivity index (χ1n) is 11.2. The normalized spacial score (nSPS) is 16.0. The number of nitrogen functional groups attached to an aromatic ring is 1. The van der Waals surface area contributed by atoms with E-state index in [0.717, 1.165) is 44.1 Å². The fraction of sp³-hybridized carbons (Fsp3) is 0.750. The highest BCUT2D eigenvalue weighted by Gasteiger charge is 2.28. The quantitative estimate of drug-likeness (QED) is 0.388. The van der Waals surface area contributed by atoms with Crippen LogP contribution in [0.5, 0.6) is 0 Å². The number of imidazole rings is 1. The molecular weight excluding hydrogens is 433 g/mol. The monoisotopic (exact) mass is 469 g/mol. The smallest absolute Gasteiger partial charge is 0.356 e. The summed E-state index contributed by atoms with van der Waals surface area (Å²) in [4.78, 5) is 18.0. The molecule has 180 valence electrons. The number of piperazine rings is 1. The standard InChI is InChI=1S/C20H36N7O4P/c1-6-25-7-9-26(10-8-25)18-17-19(24-20(21)23-18)27(13-22-17)11-12-29-14-32(28,30-15(2)3)31-16(4)5/h13,15-16H,6-12,14H2,1-5H3,(H2,21,23,24). The average Bonchev–Trinajstić information content (AvgIpc) is 3.12. The first-order chi connectivity index (χ1) is 15.2. The Hall–Kier alpha value is -1.78. The molecule has 0 amide bonds. The molecule has 32 heavy (non-hydrogen) atoms. The van der Waals surface area contributed by atoms with Crippen molar-refractivity contribution in [3.05, 3.63) is 6.33 Å². The van der Waals surface area contributed by atoms with Crippen LogP contribution in [0.25, 0.3) is 11.2 Å². The van der Waals surface area contributed by atoms with Crippen LogP contribution in [0.3, 0.4) is 0 Å². The Kier molecular flexibility index (Phi) is 8.46. The molecule has 2 aromatic heterocycles. The summed E-state index contributed by atoms with van der Waals surface area (Å²) in [6.07, 6.45) is 1.15. The summed E-state index contributed by atoms with van der Waals surface area (Å²) in [5.74, 6) is 0.983. The maximum Gasteiger partial charge on any atom is 0.356 e. The molecule has 2 aromatic rings. The van der Waals surface area contributed by atoms with Gasteiger partial charge in [-0.05, 0) is 34.2 Å². The van der Waals surface area contributed by atoms with Crippen molar-refractivity contribution in [3.8, 4) is 0 Å². The first-order valence-corrected chi connectivity index (χ1v) is 12.9. The number of anilines is 2. The lowest BCUT2D eigenvalue weighted by molar-refractivity contribution is 0.0961. The van der Waals surface area contributed by atoms with Crippen LogP contribution >= 0.6 is 7.60 Å². The summed E-state index contributed by atoms with van der Waals surface area (Å²) in [6, 6.07) is 0. The summed E-state index contributed by atoms with van der Waals surface area (Å²) < 4.78 is 31.5. The van der Waals surface area contributed by atoms with Crippen molar-refractivity contribution in [1.29, 1.82) is 0 Å². The molecule has 0 spiro atoms. The molecule has 0 bridgehead atoms. The van der Waals surface area contributed by atoms with Crippen LogP contribution in [-0.4, -0.2) is 82.3 Å². The minimum Gasteiger partial charge on any atom is -0.368 e. The second-order valence-electron chi connectivity index (χ2n) is 8.39. The zero-order chi connectivity index (χ0) is 23.3. The number of fused-ring (bicyclic) bond motifs is 1. The van der Waals surface area contributed by atoms with E-state index in [4.69, 9.17) is 19.5 Å². The van der Waals surface area contributed by atoms with Gasteiger partial charge in [-0.2, -0.15) is 9.97 Å². The summed E-state index contributed by atoms with van der Waals surface area (Å²) in [7, 11) is -3.33. The molecule has 1 saturated heterocycles. The zero-order valence-electron chi connectivity index (χ0n) is 19.7. The zero-order valence-corrected chi connectivity index (χ0v) is 20.6. The molecule has 11 nitrogen and oxygen atoms in total. The first kappa shape index (κ1) is 24.9. The number of rotatable bonds is 11. The Morgan fingerprint density at radius 1 is 1.09 bits per heavy atom. The van der Waals surface area contributed by atoms with Gasteiger partial charge in [0.25, 0.3) is 0 Å². The van der Waals surface area contributed by atoms with Crippen molar-refractivity contribution < 1.29 is 18.3 Å². The van der Waals surface area contributed by atoms with E-state index in [1.807, 2.05) is 32.3 Å². The lowest BCUT2D eigenvalue weighted by Gasteiger charge is -2.34. The molecule has 0 aromatic carbocycles. The predicted octanol–water partition coefficient (Wildman–Crippen LogP) is 2.57. The Morgan fingerprint density at radius 2 is 1.75 bits per heavy atom. The highest BCUT2D eigenvalue weighted by atomic mass is 31.2. The Labute approximate surface area is 189 Å². The average molecular weight is 470 g/mol. The van der Waals surface area contributed by atoms with Gasteiger partial charge in [0.2, 0.25) is 5.95 Å². The highest BCUT2D eigenvalue weighted by molar-refractivity contribution is 7.53. The lowest BCUT2D eigenvalue weighted by Crippen LogP contribution is -2.46. The molecule has 0 atom stereocenters. The Morgan fingerprint density at radius 3 is 2.34 bits per heavy atom. The van der Waals surface area contributed by atoms with E-state index in [2.05, 4.69) is 31.7 Å². The number of nitrogens with two attached hydrogens (primary N) is 1. The molecule has 0 radical (unpaired) electrons. The summed E-state index contributed by atoms with van der Waals surface area (Å²) in [5.41, 5.74) is 7.40. The van der Waals surface area contributed by atoms with E-state index in [9.17, 15) is 4.57 Å². The molecule has 0 saturated carbocycles. The summed E-state index contributed by atoms with van der Waals surface area (Å²) in [6.45, 7) is 15.0. The summed E-state index contributed by atoms with van der Waals surface area (Å²) in [5, 5.41) is 0. The minimum absolute atomic E-state index is 0.111. The van der Waals surface area contributed by atoms with Crippen LogP contribution < -0.4 is 10.6 Å². The van der Waals surface area contributed by atoms with E-state index in [1.54, 1.807) is 6.33 Å². The molecule has 12 heteroatoms. The fourth-order valence-electron chi connectivity index (χ4n) is 3.67. The maximum absolute atomic E-state index is 12.9. The van der Waals surface area contributed by atoms with Crippen molar-refractivity contribution in [3.63, 3.8) is 0 Å². The topological polar surface area (TPSA) is 121 Å². The van der Waals surface area contributed by atoms with Gasteiger partial charge in [0.05, 0.1) is 25.1 Å². The van der Waals surface area contributed by atoms with Gasteiger partial charge in [0, 0.05) is 32.7 Å². The van der Waals surface area contributed by atoms with E-state index < -0.39 is 7.60 Å². The van der Waals surface area contributed by atoms with Gasteiger partial charge in [-0.25, -0.2) is 4.98 Å². The van der Waals surface area contributed by atoms with Gasteiger partial charge in [-0.1, -0.05) is 6.92 Å². The molecule has 1 aliphatic rings. The molecule has 1 aliphatic heterocycles. The van der Waals surface area contributed by atoms with Crippen molar-refractivity contribution in [2.75, 3.05) is 56.3 Å². The SMILES string of the molecule is CCN1CCN(c2nc(N)nc3c2ncn3CCOCP(=O)(OC(C)C)OC(C)C)CC1. The fourth-order valence-corrected chi connectivity index (χ4v) is 5.48. The Bertz CT molecular complexity index is 914. The number of hydrogen-bond acceptors (Lipinski definition) is 10. The highest BCUT2D eigenvalue weighted by Crippen LogP contribution is 2.50. The number of likely N-dealkylation sites (N-methyl/N-ethyl adjacent to an activating group) is 1. The molecule has 3 rings (SSSR count). The van der Waals surface area contributed by atoms with Crippen molar-refractivity contribution in [2.45, 2.75) is 53.4 Å². The van der Waals surface area contributed by atoms with Gasteiger partial charge < -0.3 is 33.9 Å². The van der Waals surface area contributed by atoms with Crippen LogP contribution in [0.4, 0.5) is 11.8 Å². The van der Waals surface area contributed by atoms with Crippen molar-refractivity contribution in [2.24, 2.45) is 0 Å². The third-order valence-electron chi connectivity index (χ3n) is 5.05. The minimum atomic E-state index is -3.33. The Balaban J connectivity index is 1.66. The van der Waals surface area contributed by atoms with Gasteiger partial charge >= 0.3 is 7.60 Å². The number of nitrogens with zero attached hydrogens (tertiary/aromatic N) is 6. The molecule has 1 fully saturated rings. The molecule has 3 heterocycles. The van der Waals surface area contributed by atoms with Gasteiger partial charge in [-0.15, -0.1) is 0 Å². The van der Waals surface area contributed by atoms with Crippen LogP contribution in [-0.2, 0) is 24.9 Å². The van der Waals surface area contributed by atoms with Crippen LogP contribution in [0.2, 0.25) is 0 Å². The summed E-state index contributed by atoms with van der Waals surface area (Å²) >= 11 is 0. The second kappa shape index (κ2) is 10.9. The molecule has 0 unspecified atom stereocenters. The predicted molar refractivity (Wildman–Crippen MR) is 125 cm³/mol. The maximum atomic E-state index is 12.9. The van der Waals surface area contributed by atoms with E-state index in [1.165, 1.54) is 0 Å². The van der Waals surface area contributed by atoms with Crippen LogP contribution in [0.15, 0.2) is 6.33 Å². The number of ether oxygens (including phenoxy) is 1. The molecule has 2 N–H and O–H groups in total. The third-order valence-corrected chi connectivity index (χ3v) is 7.04. The van der Waals surface area contributed by atoms with Crippen LogP contribution in [0, 0.1) is 0 Å². The van der Waals surface area contributed by atoms with Crippen LogP contribution in [0.1, 0.15) is 34.6 Å². The third kappa shape index (κ3) is 6.39. The van der Waals surface area contributed by atoms with Crippen molar-refractivity contribution in [1.82, 2.24) is 24.4 Å². The largest absolute Gasteiger partial charge is 0.368 e. The van der Waals surface area contributed by atoms with Crippen molar-refractivity contribution >= 4 is 30.5 Å². The van der Waals surface area contributed by atoms with E-state index in [-0.39, 0.29) is 24.5 Å². The number of aromatic nitrogens is 4. The van der Waals surface area contributed by atoms with Gasteiger partial charge in [0.15, 0.2) is 17.0 Å². The van der Waals surface area contributed by atoms with E-state index >= 15 is 0 Å². The lowest BCUT2D eigenvalue weighted by atomic mass is 10.3. The second-order valence-corrected chi connectivity index (χ2v) is 10.3. The molecular formula is C20H36N7O4P.